The molecule has 1 amide bonds. The molecule has 4 heteroatoms. The molecule has 1 aliphatic heterocycles. The number of carbonyl (C=O) groups is 1. The first kappa shape index (κ1) is 13.5. The van der Waals surface area contributed by atoms with Crippen molar-refractivity contribution in [3.63, 3.8) is 0 Å². The first-order valence-corrected chi connectivity index (χ1v) is 6.33. The van der Waals surface area contributed by atoms with Gasteiger partial charge in [0.15, 0.2) is 0 Å². The molecule has 1 heterocycles. The summed E-state index contributed by atoms with van der Waals surface area (Å²) in [7, 11) is 0. The zero-order valence-corrected chi connectivity index (χ0v) is 10.7. The minimum Gasteiger partial charge on any atom is -0.353 e. The molecule has 0 radical (unpaired) electrons. The Balaban J connectivity index is 2.31. The quantitative estimate of drug-likeness (QED) is 0.722. The van der Waals surface area contributed by atoms with Crippen LogP contribution in [-0.2, 0) is 4.79 Å². The smallest absolute Gasteiger partial charge is 0.237 e. The monoisotopic (exact) mass is 227 g/mol. The highest BCUT2D eigenvalue weighted by Crippen LogP contribution is 2.15. The molecule has 0 spiro atoms. The SMILES string of the molecule is CCN1CCCC1CNC(=O)[C@H](N)C(C)C. The van der Waals surface area contributed by atoms with Crippen LogP contribution in [0.25, 0.3) is 0 Å². The molecular formula is C12H25N3O. The van der Waals surface area contributed by atoms with Gasteiger partial charge in [-0.3, -0.25) is 9.69 Å². The lowest BCUT2D eigenvalue weighted by atomic mass is 10.0. The largest absolute Gasteiger partial charge is 0.353 e. The van der Waals surface area contributed by atoms with E-state index in [0.717, 1.165) is 19.6 Å². The number of nitrogens with two attached hydrogens (primary N) is 1. The maximum atomic E-state index is 11.7. The predicted molar refractivity (Wildman–Crippen MR) is 66.1 cm³/mol. The molecule has 0 aromatic carbocycles. The molecule has 1 fully saturated rings. The van der Waals surface area contributed by atoms with Crippen LogP contribution in [0.3, 0.4) is 0 Å². The lowest BCUT2D eigenvalue weighted by Gasteiger charge is -2.24. The molecular weight excluding hydrogens is 202 g/mol. The third-order valence-electron chi connectivity index (χ3n) is 3.44. The topological polar surface area (TPSA) is 58.4 Å². The van der Waals surface area contributed by atoms with Crippen molar-refractivity contribution in [1.82, 2.24) is 10.2 Å². The summed E-state index contributed by atoms with van der Waals surface area (Å²) in [6.07, 6.45) is 2.43. The average Bonchev–Trinajstić information content (AvgIpc) is 2.71. The zero-order chi connectivity index (χ0) is 12.1. The number of likely N-dealkylation sites (N-methyl/N-ethyl adjacent to an activating group) is 1. The minimum atomic E-state index is -0.378. The van der Waals surface area contributed by atoms with Crippen molar-refractivity contribution in [1.29, 1.82) is 0 Å². The summed E-state index contributed by atoms with van der Waals surface area (Å²) in [5, 5.41) is 2.96. The van der Waals surface area contributed by atoms with E-state index in [1.807, 2.05) is 13.8 Å². The third-order valence-corrected chi connectivity index (χ3v) is 3.44. The third kappa shape index (κ3) is 3.46. The second-order valence-corrected chi connectivity index (χ2v) is 4.94. The van der Waals surface area contributed by atoms with E-state index in [9.17, 15) is 4.79 Å². The summed E-state index contributed by atoms with van der Waals surface area (Å²) in [6, 6.07) is 0.129. The molecule has 1 saturated heterocycles. The Morgan fingerprint density at radius 1 is 1.56 bits per heavy atom. The number of carbonyl (C=O) groups excluding carboxylic acids is 1. The van der Waals surface area contributed by atoms with E-state index in [2.05, 4.69) is 17.1 Å². The Hall–Kier alpha value is -0.610. The van der Waals surface area contributed by atoms with Crippen molar-refractivity contribution in [2.45, 2.75) is 45.7 Å². The van der Waals surface area contributed by atoms with Gasteiger partial charge in [-0.25, -0.2) is 0 Å². The number of likely N-dealkylation sites (tertiary alicyclic amines) is 1. The standard InChI is InChI=1S/C12H25N3O/c1-4-15-7-5-6-10(15)8-14-12(16)11(13)9(2)3/h9-11H,4-8,13H2,1-3H3,(H,14,16)/t10?,11-/m1/s1. The summed E-state index contributed by atoms with van der Waals surface area (Å²) in [5.74, 6) is 0.184. The molecule has 0 aromatic rings. The van der Waals surface area contributed by atoms with Crippen molar-refractivity contribution < 1.29 is 4.79 Å². The van der Waals surface area contributed by atoms with E-state index in [-0.39, 0.29) is 17.9 Å². The zero-order valence-electron chi connectivity index (χ0n) is 10.7. The number of hydrogen-bond acceptors (Lipinski definition) is 3. The van der Waals surface area contributed by atoms with Crippen molar-refractivity contribution in [3.05, 3.63) is 0 Å². The fraction of sp³-hybridized carbons (Fsp3) is 0.917. The highest BCUT2D eigenvalue weighted by Gasteiger charge is 2.24. The summed E-state index contributed by atoms with van der Waals surface area (Å²) in [4.78, 5) is 14.1. The lowest BCUT2D eigenvalue weighted by Crippen LogP contribution is -2.48. The summed E-state index contributed by atoms with van der Waals surface area (Å²) < 4.78 is 0. The van der Waals surface area contributed by atoms with Gasteiger partial charge in [0.2, 0.25) is 5.91 Å². The van der Waals surface area contributed by atoms with E-state index < -0.39 is 0 Å². The van der Waals surface area contributed by atoms with Crippen LogP contribution in [0.1, 0.15) is 33.6 Å². The Morgan fingerprint density at radius 2 is 2.25 bits per heavy atom. The number of amides is 1. The van der Waals surface area contributed by atoms with Gasteiger partial charge in [0.1, 0.15) is 0 Å². The molecule has 0 saturated carbocycles. The van der Waals surface area contributed by atoms with Gasteiger partial charge in [-0.1, -0.05) is 20.8 Å². The number of nitrogens with one attached hydrogen (secondary N) is 1. The van der Waals surface area contributed by atoms with Crippen molar-refractivity contribution in [2.75, 3.05) is 19.6 Å². The van der Waals surface area contributed by atoms with E-state index >= 15 is 0 Å². The maximum absolute atomic E-state index is 11.7. The van der Waals surface area contributed by atoms with Crippen LogP contribution in [0.5, 0.6) is 0 Å². The highest BCUT2D eigenvalue weighted by molar-refractivity contribution is 5.81. The van der Waals surface area contributed by atoms with E-state index in [0.29, 0.717) is 6.04 Å². The van der Waals surface area contributed by atoms with Gasteiger partial charge in [-0.15, -0.1) is 0 Å². The predicted octanol–water partition coefficient (Wildman–Crippen LogP) is 0.570. The molecule has 1 aliphatic rings. The highest BCUT2D eigenvalue weighted by atomic mass is 16.2. The van der Waals surface area contributed by atoms with E-state index in [1.54, 1.807) is 0 Å². The Kier molecular flexibility index (Phi) is 5.22. The summed E-state index contributed by atoms with van der Waals surface area (Å²) >= 11 is 0. The molecule has 0 bridgehead atoms. The second kappa shape index (κ2) is 6.21. The van der Waals surface area contributed by atoms with Crippen LogP contribution in [0, 0.1) is 5.92 Å². The Labute approximate surface area is 98.6 Å². The molecule has 3 N–H and O–H groups in total. The number of rotatable bonds is 5. The Bertz CT molecular complexity index is 230. The van der Waals surface area contributed by atoms with Gasteiger partial charge < -0.3 is 11.1 Å². The van der Waals surface area contributed by atoms with Crippen molar-refractivity contribution >= 4 is 5.91 Å². The molecule has 2 atom stereocenters. The van der Waals surface area contributed by atoms with Gasteiger partial charge in [-0.2, -0.15) is 0 Å². The van der Waals surface area contributed by atoms with Gasteiger partial charge in [0, 0.05) is 12.6 Å². The molecule has 94 valence electrons. The number of hydrogen-bond donors (Lipinski definition) is 2. The normalized spacial score (nSPS) is 23.7. The molecule has 4 nitrogen and oxygen atoms in total. The first-order valence-electron chi connectivity index (χ1n) is 6.33. The van der Waals surface area contributed by atoms with E-state index in [4.69, 9.17) is 5.73 Å². The lowest BCUT2D eigenvalue weighted by molar-refractivity contribution is -0.123. The summed E-state index contributed by atoms with van der Waals surface area (Å²) in [6.45, 7) is 9.08. The van der Waals surface area contributed by atoms with Crippen LogP contribution in [0.15, 0.2) is 0 Å². The van der Waals surface area contributed by atoms with Crippen LogP contribution in [0.4, 0.5) is 0 Å². The van der Waals surface area contributed by atoms with Gasteiger partial charge in [0.05, 0.1) is 6.04 Å². The van der Waals surface area contributed by atoms with Gasteiger partial charge >= 0.3 is 0 Å². The Morgan fingerprint density at radius 3 is 2.81 bits per heavy atom. The fourth-order valence-electron chi connectivity index (χ4n) is 2.18. The summed E-state index contributed by atoms with van der Waals surface area (Å²) in [5.41, 5.74) is 5.79. The molecule has 1 rings (SSSR count). The van der Waals surface area contributed by atoms with Crippen LogP contribution < -0.4 is 11.1 Å². The van der Waals surface area contributed by atoms with Gasteiger partial charge in [0.25, 0.3) is 0 Å². The fourth-order valence-corrected chi connectivity index (χ4v) is 2.18. The molecule has 1 unspecified atom stereocenters. The molecule has 0 aromatic heterocycles. The van der Waals surface area contributed by atoms with Gasteiger partial charge in [-0.05, 0) is 31.8 Å². The first-order chi connectivity index (χ1) is 7.56. The molecule has 16 heavy (non-hydrogen) atoms. The van der Waals surface area contributed by atoms with Crippen molar-refractivity contribution in [3.8, 4) is 0 Å². The average molecular weight is 227 g/mol. The number of nitrogens with zero attached hydrogens (tertiary/aromatic N) is 1. The second-order valence-electron chi connectivity index (χ2n) is 4.94. The maximum Gasteiger partial charge on any atom is 0.237 e. The van der Waals surface area contributed by atoms with Crippen LogP contribution in [0.2, 0.25) is 0 Å². The minimum absolute atomic E-state index is 0.0158. The van der Waals surface area contributed by atoms with Crippen LogP contribution >= 0.6 is 0 Å². The van der Waals surface area contributed by atoms with Crippen molar-refractivity contribution in [2.24, 2.45) is 11.7 Å². The molecule has 0 aliphatic carbocycles. The van der Waals surface area contributed by atoms with E-state index in [1.165, 1.54) is 12.8 Å². The van der Waals surface area contributed by atoms with Crippen LogP contribution in [-0.4, -0.2) is 42.5 Å².